The molecule has 1 atom stereocenters. The highest BCUT2D eigenvalue weighted by Crippen LogP contribution is 2.34. The molecular formula is C14H28N2O. The van der Waals surface area contributed by atoms with Crippen LogP contribution in [0.3, 0.4) is 0 Å². The van der Waals surface area contributed by atoms with Gasteiger partial charge in [0.1, 0.15) is 0 Å². The molecule has 0 aromatic rings. The van der Waals surface area contributed by atoms with Crippen LogP contribution in [0.15, 0.2) is 0 Å². The van der Waals surface area contributed by atoms with E-state index in [0.29, 0.717) is 17.8 Å². The summed E-state index contributed by atoms with van der Waals surface area (Å²) in [4.78, 5) is 11.8. The molecule has 17 heavy (non-hydrogen) atoms. The molecule has 1 saturated carbocycles. The van der Waals surface area contributed by atoms with Crippen molar-refractivity contribution in [2.75, 3.05) is 6.54 Å². The lowest BCUT2D eigenvalue weighted by Crippen LogP contribution is -2.40. The van der Waals surface area contributed by atoms with E-state index < -0.39 is 0 Å². The second kappa shape index (κ2) is 6.39. The molecule has 0 aromatic heterocycles. The number of carbonyl (C=O) groups is 1. The van der Waals surface area contributed by atoms with Crippen LogP contribution in [0.2, 0.25) is 0 Å². The minimum atomic E-state index is -0.0193. The second-order valence-corrected chi connectivity index (χ2v) is 6.26. The van der Waals surface area contributed by atoms with Crippen molar-refractivity contribution in [1.82, 2.24) is 5.32 Å². The molecule has 100 valence electrons. The van der Waals surface area contributed by atoms with Crippen molar-refractivity contribution in [3.63, 3.8) is 0 Å². The van der Waals surface area contributed by atoms with Gasteiger partial charge in [0.25, 0.3) is 0 Å². The Labute approximate surface area is 106 Å². The van der Waals surface area contributed by atoms with E-state index in [1.165, 1.54) is 32.1 Å². The third kappa shape index (κ3) is 5.07. The molecule has 3 heteroatoms. The molecule has 1 fully saturated rings. The van der Waals surface area contributed by atoms with Crippen molar-refractivity contribution in [2.45, 2.75) is 65.3 Å². The van der Waals surface area contributed by atoms with Gasteiger partial charge < -0.3 is 11.1 Å². The van der Waals surface area contributed by atoms with Gasteiger partial charge in [-0.3, -0.25) is 4.79 Å². The maximum Gasteiger partial charge on any atom is 0.221 e. The Kier molecular flexibility index (Phi) is 5.44. The molecule has 1 amide bonds. The van der Waals surface area contributed by atoms with E-state index in [9.17, 15) is 4.79 Å². The Morgan fingerprint density at radius 3 is 2.41 bits per heavy atom. The van der Waals surface area contributed by atoms with Gasteiger partial charge in [-0.05, 0) is 24.2 Å². The Balaban J connectivity index is 2.27. The normalized spacial score (nSPS) is 21.2. The fraction of sp³-hybridized carbons (Fsp3) is 0.929. The molecule has 0 saturated heterocycles. The van der Waals surface area contributed by atoms with E-state index in [4.69, 9.17) is 5.73 Å². The summed E-state index contributed by atoms with van der Waals surface area (Å²) in [7, 11) is 0. The first-order chi connectivity index (χ1) is 7.93. The summed E-state index contributed by atoms with van der Waals surface area (Å²) in [5.41, 5.74) is 6.21. The zero-order valence-corrected chi connectivity index (χ0v) is 11.6. The Bertz CT molecular complexity index is 245. The largest absolute Gasteiger partial charge is 0.356 e. The van der Waals surface area contributed by atoms with Gasteiger partial charge in [-0.1, -0.05) is 40.0 Å². The first-order valence-electron chi connectivity index (χ1n) is 6.95. The number of nitrogens with two attached hydrogens (primary N) is 1. The number of rotatable bonds is 5. The van der Waals surface area contributed by atoms with Gasteiger partial charge >= 0.3 is 0 Å². The summed E-state index contributed by atoms with van der Waals surface area (Å²) in [6.07, 6.45) is 6.89. The van der Waals surface area contributed by atoms with Gasteiger partial charge in [-0.15, -0.1) is 0 Å². The quantitative estimate of drug-likeness (QED) is 0.775. The summed E-state index contributed by atoms with van der Waals surface area (Å²) in [6, 6.07) is -0.0193. The summed E-state index contributed by atoms with van der Waals surface area (Å²) in [5, 5.41) is 3.06. The van der Waals surface area contributed by atoms with Gasteiger partial charge in [0.2, 0.25) is 5.91 Å². The highest BCUT2D eigenvalue weighted by molar-refractivity contribution is 5.76. The van der Waals surface area contributed by atoms with E-state index in [-0.39, 0.29) is 11.9 Å². The van der Waals surface area contributed by atoms with Crippen LogP contribution in [-0.2, 0) is 4.79 Å². The van der Waals surface area contributed by atoms with Crippen molar-refractivity contribution in [3.8, 4) is 0 Å². The van der Waals surface area contributed by atoms with Crippen LogP contribution in [0.25, 0.3) is 0 Å². The topological polar surface area (TPSA) is 55.1 Å². The predicted molar refractivity (Wildman–Crippen MR) is 71.6 cm³/mol. The standard InChI is InChI=1S/C14H28N2O/c1-11(2)12(15)9-13(17)16-10-14(3)7-5-4-6-8-14/h11-12H,4-10,15H2,1-3H3,(H,16,17). The first-order valence-corrected chi connectivity index (χ1v) is 6.95. The smallest absolute Gasteiger partial charge is 0.221 e. The van der Waals surface area contributed by atoms with Crippen LogP contribution in [0.1, 0.15) is 59.3 Å². The van der Waals surface area contributed by atoms with Crippen LogP contribution in [0.4, 0.5) is 0 Å². The second-order valence-electron chi connectivity index (χ2n) is 6.26. The molecule has 0 aromatic carbocycles. The predicted octanol–water partition coefficient (Wildman–Crippen LogP) is 2.45. The third-order valence-electron chi connectivity index (χ3n) is 4.05. The SMILES string of the molecule is CC(C)C(N)CC(=O)NCC1(C)CCCCC1. The van der Waals surface area contributed by atoms with Crippen molar-refractivity contribution >= 4 is 5.91 Å². The molecule has 0 bridgehead atoms. The van der Waals surface area contributed by atoms with Gasteiger partial charge in [0.15, 0.2) is 0 Å². The van der Waals surface area contributed by atoms with Gasteiger partial charge in [0.05, 0.1) is 0 Å². The van der Waals surface area contributed by atoms with Crippen molar-refractivity contribution < 1.29 is 4.79 Å². The average Bonchev–Trinajstić information content (AvgIpc) is 2.27. The van der Waals surface area contributed by atoms with E-state index in [0.717, 1.165) is 6.54 Å². The molecule has 1 aliphatic rings. The third-order valence-corrected chi connectivity index (χ3v) is 4.05. The average molecular weight is 240 g/mol. The molecule has 1 rings (SSSR count). The number of hydrogen-bond acceptors (Lipinski definition) is 2. The fourth-order valence-corrected chi connectivity index (χ4v) is 2.42. The number of nitrogens with one attached hydrogen (secondary N) is 1. The Morgan fingerprint density at radius 2 is 1.88 bits per heavy atom. The van der Waals surface area contributed by atoms with Gasteiger partial charge in [-0.2, -0.15) is 0 Å². The summed E-state index contributed by atoms with van der Waals surface area (Å²) in [5.74, 6) is 0.476. The molecule has 3 nitrogen and oxygen atoms in total. The van der Waals surface area contributed by atoms with Crippen molar-refractivity contribution in [3.05, 3.63) is 0 Å². The monoisotopic (exact) mass is 240 g/mol. The minimum absolute atomic E-state index is 0.0193. The van der Waals surface area contributed by atoms with Crippen LogP contribution in [-0.4, -0.2) is 18.5 Å². The Morgan fingerprint density at radius 1 is 1.29 bits per heavy atom. The van der Waals surface area contributed by atoms with Gasteiger partial charge in [-0.25, -0.2) is 0 Å². The van der Waals surface area contributed by atoms with Crippen molar-refractivity contribution in [1.29, 1.82) is 0 Å². The zero-order chi connectivity index (χ0) is 12.9. The number of hydrogen-bond donors (Lipinski definition) is 2. The maximum atomic E-state index is 11.8. The van der Waals surface area contributed by atoms with E-state index in [2.05, 4.69) is 26.1 Å². The molecule has 0 radical (unpaired) electrons. The summed E-state index contributed by atoms with van der Waals surface area (Å²) >= 11 is 0. The summed E-state index contributed by atoms with van der Waals surface area (Å²) in [6.45, 7) is 7.21. The maximum absolute atomic E-state index is 11.8. The van der Waals surface area contributed by atoms with Crippen LogP contribution < -0.4 is 11.1 Å². The molecule has 0 heterocycles. The Hall–Kier alpha value is -0.570. The lowest BCUT2D eigenvalue weighted by Gasteiger charge is -2.33. The summed E-state index contributed by atoms with van der Waals surface area (Å²) < 4.78 is 0. The highest BCUT2D eigenvalue weighted by atomic mass is 16.1. The zero-order valence-electron chi connectivity index (χ0n) is 11.6. The van der Waals surface area contributed by atoms with Crippen molar-refractivity contribution in [2.24, 2.45) is 17.1 Å². The van der Waals surface area contributed by atoms with Crippen LogP contribution in [0.5, 0.6) is 0 Å². The van der Waals surface area contributed by atoms with Crippen LogP contribution >= 0.6 is 0 Å². The highest BCUT2D eigenvalue weighted by Gasteiger charge is 2.27. The van der Waals surface area contributed by atoms with Gasteiger partial charge in [0, 0.05) is 19.0 Å². The van der Waals surface area contributed by atoms with E-state index in [1.54, 1.807) is 0 Å². The molecule has 3 N–H and O–H groups in total. The molecule has 0 spiro atoms. The van der Waals surface area contributed by atoms with Crippen LogP contribution in [0, 0.1) is 11.3 Å². The fourth-order valence-electron chi connectivity index (χ4n) is 2.42. The molecule has 1 aliphatic carbocycles. The lowest BCUT2D eigenvalue weighted by molar-refractivity contribution is -0.122. The van der Waals surface area contributed by atoms with E-state index in [1.807, 2.05) is 0 Å². The minimum Gasteiger partial charge on any atom is -0.356 e. The first kappa shape index (κ1) is 14.5. The molecular weight excluding hydrogens is 212 g/mol. The molecule has 1 unspecified atom stereocenters. The number of amides is 1. The lowest BCUT2D eigenvalue weighted by atomic mass is 9.76. The molecule has 0 aliphatic heterocycles. The number of carbonyl (C=O) groups excluding carboxylic acids is 1. The van der Waals surface area contributed by atoms with E-state index >= 15 is 0 Å².